The topological polar surface area (TPSA) is 46.2 Å². The van der Waals surface area contributed by atoms with Gasteiger partial charge >= 0.3 is 0 Å². The summed E-state index contributed by atoms with van der Waals surface area (Å²) in [6, 6.07) is 15.6. The van der Waals surface area contributed by atoms with Crippen LogP contribution in [0.1, 0.15) is 23.3 Å². The second-order valence-corrected chi connectivity index (χ2v) is 4.15. The fourth-order valence-corrected chi connectivity index (χ4v) is 2.40. The molecule has 0 heterocycles. The highest BCUT2D eigenvalue weighted by molar-refractivity contribution is 5.74. The fraction of sp³-hybridized carbons (Fsp3) is 0.143. The number of hydrogen-bond acceptors (Lipinski definition) is 2. The molecule has 0 saturated heterocycles. The Morgan fingerprint density at radius 2 is 1.31 bits per heavy atom. The first-order chi connectivity index (χ1) is 7.79. The first-order valence-electron chi connectivity index (χ1n) is 5.41. The summed E-state index contributed by atoms with van der Waals surface area (Å²) in [7, 11) is 0. The highest BCUT2D eigenvalue weighted by Gasteiger charge is 2.28. The second-order valence-electron chi connectivity index (χ2n) is 4.15. The third-order valence-corrected chi connectivity index (χ3v) is 3.23. The fourth-order valence-electron chi connectivity index (χ4n) is 2.40. The van der Waals surface area contributed by atoms with Crippen LogP contribution in [-0.4, -0.2) is 5.11 Å². The Morgan fingerprint density at radius 3 is 2.00 bits per heavy atom. The molecule has 0 amide bonds. The molecule has 0 saturated carbocycles. The molecule has 0 radical (unpaired) electrons. The van der Waals surface area contributed by atoms with Crippen molar-refractivity contribution in [3.05, 3.63) is 59.7 Å². The Hall–Kier alpha value is -1.64. The van der Waals surface area contributed by atoms with Crippen LogP contribution in [0.2, 0.25) is 0 Å². The van der Waals surface area contributed by atoms with Gasteiger partial charge in [-0.3, -0.25) is 0 Å². The van der Waals surface area contributed by atoms with Gasteiger partial charge < -0.3 is 10.8 Å². The molecule has 0 bridgehead atoms. The van der Waals surface area contributed by atoms with Crippen molar-refractivity contribution in [2.45, 2.75) is 12.1 Å². The van der Waals surface area contributed by atoms with Crippen LogP contribution >= 0.6 is 0 Å². The van der Waals surface area contributed by atoms with E-state index in [2.05, 4.69) is 6.07 Å². The lowest BCUT2D eigenvalue weighted by atomic mass is 9.81. The molecule has 0 aromatic heterocycles. The minimum atomic E-state index is -0.605. The van der Waals surface area contributed by atoms with Gasteiger partial charge in [0.05, 0.1) is 12.1 Å². The predicted molar refractivity (Wildman–Crippen MR) is 63.8 cm³/mol. The van der Waals surface area contributed by atoms with Crippen molar-refractivity contribution < 1.29 is 5.11 Å². The molecule has 0 fully saturated rings. The van der Waals surface area contributed by atoms with Crippen molar-refractivity contribution >= 4 is 0 Å². The molecular formula is C14H13NO. The lowest BCUT2D eigenvalue weighted by Gasteiger charge is -2.29. The van der Waals surface area contributed by atoms with E-state index in [4.69, 9.17) is 5.73 Å². The van der Waals surface area contributed by atoms with Crippen molar-refractivity contribution in [3.8, 4) is 11.1 Å². The molecular weight excluding hydrogens is 198 g/mol. The van der Waals surface area contributed by atoms with E-state index in [1.165, 1.54) is 0 Å². The normalized spacial score (nSPS) is 22.4. The zero-order valence-corrected chi connectivity index (χ0v) is 8.80. The third kappa shape index (κ3) is 1.21. The first kappa shape index (κ1) is 9.58. The number of rotatable bonds is 0. The van der Waals surface area contributed by atoms with E-state index in [9.17, 15) is 5.11 Å². The molecule has 2 aromatic carbocycles. The predicted octanol–water partition coefficient (Wildman–Crippen LogP) is 2.40. The minimum absolute atomic E-state index is 0.328. The van der Waals surface area contributed by atoms with Gasteiger partial charge in [-0.05, 0) is 22.3 Å². The number of fused-ring (bicyclic) bond motifs is 3. The van der Waals surface area contributed by atoms with Crippen LogP contribution in [-0.2, 0) is 0 Å². The highest BCUT2D eigenvalue weighted by atomic mass is 16.3. The molecule has 0 unspecified atom stereocenters. The van der Waals surface area contributed by atoms with Crippen LogP contribution in [0, 0.1) is 0 Å². The molecule has 1 aliphatic rings. The molecule has 2 nitrogen and oxygen atoms in total. The molecule has 3 rings (SSSR count). The molecule has 0 spiro atoms. The SMILES string of the molecule is N[C@H]1c2ccccc2-c2ccccc2[C@H]1O. The summed E-state index contributed by atoms with van der Waals surface area (Å²) in [5, 5.41) is 10.2. The summed E-state index contributed by atoms with van der Waals surface area (Å²) in [6.07, 6.45) is -0.605. The molecule has 2 atom stereocenters. The van der Waals surface area contributed by atoms with Crippen molar-refractivity contribution in [3.63, 3.8) is 0 Å². The molecule has 2 heteroatoms. The third-order valence-electron chi connectivity index (χ3n) is 3.23. The lowest BCUT2D eigenvalue weighted by Crippen LogP contribution is -2.24. The maximum absolute atomic E-state index is 10.2. The van der Waals surface area contributed by atoms with Gasteiger partial charge in [-0.15, -0.1) is 0 Å². The van der Waals surface area contributed by atoms with Gasteiger partial charge in [-0.2, -0.15) is 0 Å². The van der Waals surface area contributed by atoms with Crippen molar-refractivity contribution in [1.82, 2.24) is 0 Å². The molecule has 2 aromatic rings. The second kappa shape index (κ2) is 3.44. The molecule has 16 heavy (non-hydrogen) atoms. The van der Waals surface area contributed by atoms with Gasteiger partial charge in [0, 0.05) is 0 Å². The van der Waals surface area contributed by atoms with Crippen LogP contribution in [0.15, 0.2) is 48.5 Å². The van der Waals surface area contributed by atoms with Gasteiger partial charge in [0.2, 0.25) is 0 Å². The maximum Gasteiger partial charge on any atom is 0.0988 e. The zero-order chi connectivity index (χ0) is 11.1. The van der Waals surface area contributed by atoms with Crippen molar-refractivity contribution in [2.24, 2.45) is 5.73 Å². The van der Waals surface area contributed by atoms with E-state index in [0.717, 1.165) is 22.3 Å². The molecule has 0 aliphatic heterocycles. The first-order valence-corrected chi connectivity index (χ1v) is 5.41. The number of nitrogens with two attached hydrogens (primary N) is 1. The summed E-state index contributed by atoms with van der Waals surface area (Å²) in [5.41, 5.74) is 10.2. The average molecular weight is 211 g/mol. The van der Waals surface area contributed by atoms with E-state index in [0.29, 0.717) is 0 Å². The summed E-state index contributed by atoms with van der Waals surface area (Å²) >= 11 is 0. The summed E-state index contributed by atoms with van der Waals surface area (Å²) < 4.78 is 0. The Labute approximate surface area is 94.3 Å². The lowest BCUT2D eigenvalue weighted by molar-refractivity contribution is 0.145. The van der Waals surface area contributed by atoms with Crippen molar-refractivity contribution in [2.75, 3.05) is 0 Å². The van der Waals surface area contributed by atoms with E-state index in [-0.39, 0.29) is 6.04 Å². The van der Waals surface area contributed by atoms with Crippen LogP contribution in [0.4, 0.5) is 0 Å². The van der Waals surface area contributed by atoms with E-state index in [1.807, 2.05) is 42.5 Å². The summed E-state index contributed by atoms with van der Waals surface area (Å²) in [5.74, 6) is 0. The zero-order valence-electron chi connectivity index (χ0n) is 8.80. The largest absolute Gasteiger partial charge is 0.386 e. The van der Waals surface area contributed by atoms with Gasteiger partial charge in [0.15, 0.2) is 0 Å². The van der Waals surface area contributed by atoms with Gasteiger partial charge in [-0.25, -0.2) is 0 Å². The van der Waals surface area contributed by atoms with Crippen LogP contribution < -0.4 is 5.73 Å². The van der Waals surface area contributed by atoms with Crippen LogP contribution in [0.5, 0.6) is 0 Å². The van der Waals surface area contributed by atoms with Gasteiger partial charge in [0.25, 0.3) is 0 Å². The molecule has 3 N–H and O–H groups in total. The van der Waals surface area contributed by atoms with E-state index < -0.39 is 6.10 Å². The van der Waals surface area contributed by atoms with E-state index in [1.54, 1.807) is 0 Å². The quantitative estimate of drug-likeness (QED) is 0.703. The highest BCUT2D eigenvalue weighted by Crippen LogP contribution is 2.42. The maximum atomic E-state index is 10.2. The summed E-state index contributed by atoms with van der Waals surface area (Å²) in [6.45, 7) is 0. The number of hydrogen-bond donors (Lipinski definition) is 2. The number of aliphatic hydroxyl groups is 1. The Bertz CT molecular complexity index is 486. The Morgan fingerprint density at radius 1 is 0.812 bits per heavy atom. The van der Waals surface area contributed by atoms with Crippen LogP contribution in [0.25, 0.3) is 11.1 Å². The number of aliphatic hydroxyl groups excluding tert-OH is 1. The Kier molecular flexibility index (Phi) is 2.06. The van der Waals surface area contributed by atoms with Gasteiger partial charge in [0.1, 0.15) is 0 Å². The number of benzene rings is 2. The van der Waals surface area contributed by atoms with Crippen LogP contribution in [0.3, 0.4) is 0 Å². The van der Waals surface area contributed by atoms with E-state index >= 15 is 0 Å². The smallest absolute Gasteiger partial charge is 0.0988 e. The Balaban J connectivity index is 2.33. The average Bonchev–Trinajstić information content (AvgIpc) is 2.36. The minimum Gasteiger partial charge on any atom is -0.386 e. The summed E-state index contributed by atoms with van der Waals surface area (Å²) in [4.78, 5) is 0. The van der Waals surface area contributed by atoms with Crippen molar-refractivity contribution in [1.29, 1.82) is 0 Å². The standard InChI is InChI=1S/C14H13NO/c15-13-11-7-3-1-5-9(11)10-6-2-4-8-12(10)14(13)16/h1-8,13-14,16H,15H2/t13-,14+/m0/s1. The van der Waals surface area contributed by atoms with Gasteiger partial charge in [-0.1, -0.05) is 48.5 Å². The monoisotopic (exact) mass is 211 g/mol. The molecule has 80 valence electrons. The molecule has 1 aliphatic carbocycles.